The first-order chi connectivity index (χ1) is 8.45. The minimum absolute atomic E-state index is 0.314. The molecule has 1 aliphatic heterocycles. The van der Waals surface area contributed by atoms with Crippen molar-refractivity contribution in [3.8, 4) is 0 Å². The predicted molar refractivity (Wildman–Crippen MR) is 78.0 cm³/mol. The van der Waals surface area contributed by atoms with E-state index >= 15 is 0 Å². The Hall–Kier alpha value is -0.120. The van der Waals surface area contributed by atoms with E-state index in [0.29, 0.717) is 17.5 Å². The Bertz CT molecular complexity index is 219. The van der Waals surface area contributed by atoms with Crippen molar-refractivity contribution in [2.24, 2.45) is 5.41 Å². The zero-order valence-corrected chi connectivity index (χ0v) is 13.0. The number of likely N-dealkylation sites (N-methyl/N-ethyl adjacent to an activating group) is 1. The van der Waals surface area contributed by atoms with Crippen molar-refractivity contribution in [3.63, 3.8) is 0 Å². The van der Waals surface area contributed by atoms with E-state index in [1.54, 1.807) is 0 Å². The molecule has 1 N–H and O–H groups in total. The lowest BCUT2D eigenvalue weighted by Gasteiger charge is -2.39. The molecule has 0 amide bonds. The number of rotatable bonds is 6. The summed E-state index contributed by atoms with van der Waals surface area (Å²) in [6.07, 6.45) is 3.57. The lowest BCUT2D eigenvalue weighted by molar-refractivity contribution is 0.0350. The van der Waals surface area contributed by atoms with Crippen molar-refractivity contribution in [2.75, 3.05) is 33.4 Å². The fraction of sp³-hybridized carbons (Fsp3) is 1.00. The number of nitrogens with zero attached hydrogens (tertiary/aromatic N) is 1. The van der Waals surface area contributed by atoms with E-state index < -0.39 is 0 Å². The Kier molecular flexibility index (Phi) is 6.61. The fourth-order valence-electron chi connectivity index (χ4n) is 2.53. The van der Waals surface area contributed by atoms with Crippen LogP contribution in [0.5, 0.6) is 0 Å². The SMILES string of the molecule is CCCNC(CN(C)C1CCOCC1)C(C)(C)C. The monoisotopic (exact) mass is 256 g/mol. The van der Waals surface area contributed by atoms with E-state index in [2.05, 4.69) is 45.0 Å². The quantitative estimate of drug-likeness (QED) is 0.790. The highest BCUT2D eigenvalue weighted by Crippen LogP contribution is 2.22. The molecule has 0 radical (unpaired) electrons. The van der Waals surface area contributed by atoms with Gasteiger partial charge in [0.25, 0.3) is 0 Å². The fourth-order valence-corrected chi connectivity index (χ4v) is 2.53. The van der Waals surface area contributed by atoms with Crippen molar-refractivity contribution in [1.82, 2.24) is 10.2 Å². The van der Waals surface area contributed by atoms with E-state index in [0.717, 1.165) is 26.3 Å². The van der Waals surface area contributed by atoms with E-state index in [1.807, 2.05) is 0 Å². The summed E-state index contributed by atoms with van der Waals surface area (Å²) in [5, 5.41) is 3.71. The highest BCUT2D eigenvalue weighted by Gasteiger charge is 2.28. The summed E-state index contributed by atoms with van der Waals surface area (Å²) in [6, 6.07) is 1.26. The summed E-state index contributed by atoms with van der Waals surface area (Å²) in [7, 11) is 2.27. The van der Waals surface area contributed by atoms with Crippen LogP contribution in [-0.2, 0) is 4.74 Å². The molecule has 0 aliphatic carbocycles. The molecule has 1 unspecified atom stereocenters. The number of hydrogen-bond donors (Lipinski definition) is 1. The van der Waals surface area contributed by atoms with Crippen LogP contribution in [-0.4, -0.2) is 50.3 Å². The second-order valence-corrected chi connectivity index (χ2v) is 6.66. The highest BCUT2D eigenvalue weighted by atomic mass is 16.5. The van der Waals surface area contributed by atoms with Gasteiger partial charge in [-0.15, -0.1) is 0 Å². The molecule has 0 spiro atoms. The van der Waals surface area contributed by atoms with Gasteiger partial charge in [-0.1, -0.05) is 27.7 Å². The molecule has 0 saturated carbocycles. The van der Waals surface area contributed by atoms with Crippen LogP contribution < -0.4 is 5.32 Å². The lowest BCUT2D eigenvalue weighted by Crippen LogP contribution is -2.51. The molecule has 1 heterocycles. The first-order valence-electron chi connectivity index (χ1n) is 7.46. The van der Waals surface area contributed by atoms with Gasteiger partial charge in [-0.25, -0.2) is 0 Å². The molecule has 108 valence electrons. The molecular formula is C15H32N2O. The zero-order valence-electron chi connectivity index (χ0n) is 13.0. The minimum Gasteiger partial charge on any atom is -0.381 e. The van der Waals surface area contributed by atoms with E-state index in [4.69, 9.17) is 4.74 Å². The van der Waals surface area contributed by atoms with Gasteiger partial charge in [0, 0.05) is 31.8 Å². The maximum atomic E-state index is 5.44. The molecule has 18 heavy (non-hydrogen) atoms. The first kappa shape index (κ1) is 15.9. The Morgan fingerprint density at radius 2 is 1.89 bits per heavy atom. The third kappa shape index (κ3) is 5.25. The number of hydrogen-bond acceptors (Lipinski definition) is 3. The standard InChI is InChI=1S/C15H32N2O/c1-6-9-16-14(15(2,3)4)12-17(5)13-7-10-18-11-8-13/h13-14,16H,6-12H2,1-5H3. The molecule has 0 bridgehead atoms. The molecule has 1 aliphatic rings. The van der Waals surface area contributed by atoms with Gasteiger partial charge >= 0.3 is 0 Å². The van der Waals surface area contributed by atoms with Gasteiger partial charge < -0.3 is 15.0 Å². The Morgan fingerprint density at radius 3 is 2.39 bits per heavy atom. The average molecular weight is 256 g/mol. The topological polar surface area (TPSA) is 24.5 Å². The summed E-state index contributed by atoms with van der Waals surface area (Å²) in [5.41, 5.74) is 0.314. The molecule has 3 nitrogen and oxygen atoms in total. The van der Waals surface area contributed by atoms with Crippen molar-refractivity contribution < 1.29 is 4.74 Å². The lowest BCUT2D eigenvalue weighted by atomic mass is 9.86. The van der Waals surface area contributed by atoms with Crippen molar-refractivity contribution in [1.29, 1.82) is 0 Å². The van der Waals surface area contributed by atoms with E-state index in [9.17, 15) is 0 Å². The largest absolute Gasteiger partial charge is 0.381 e. The second kappa shape index (κ2) is 7.46. The Balaban J connectivity index is 2.47. The van der Waals surface area contributed by atoms with Crippen LogP contribution in [0, 0.1) is 5.41 Å². The summed E-state index contributed by atoms with van der Waals surface area (Å²) in [4.78, 5) is 2.53. The van der Waals surface area contributed by atoms with Gasteiger partial charge in [-0.05, 0) is 38.3 Å². The van der Waals surface area contributed by atoms with Crippen LogP contribution in [0.2, 0.25) is 0 Å². The van der Waals surface area contributed by atoms with E-state index in [1.165, 1.54) is 19.3 Å². The second-order valence-electron chi connectivity index (χ2n) is 6.66. The molecule has 1 rings (SSSR count). The smallest absolute Gasteiger partial charge is 0.0480 e. The van der Waals surface area contributed by atoms with Gasteiger partial charge in [-0.3, -0.25) is 0 Å². The highest BCUT2D eigenvalue weighted by molar-refractivity contribution is 4.85. The first-order valence-corrected chi connectivity index (χ1v) is 7.46. The van der Waals surface area contributed by atoms with Crippen molar-refractivity contribution in [3.05, 3.63) is 0 Å². The summed E-state index contributed by atoms with van der Waals surface area (Å²) < 4.78 is 5.44. The van der Waals surface area contributed by atoms with E-state index in [-0.39, 0.29) is 0 Å². The third-order valence-corrected chi connectivity index (χ3v) is 3.97. The summed E-state index contributed by atoms with van der Waals surface area (Å²) in [6.45, 7) is 13.3. The maximum absolute atomic E-state index is 5.44. The molecule has 0 aromatic carbocycles. The van der Waals surface area contributed by atoms with Gasteiger partial charge in [0.15, 0.2) is 0 Å². The van der Waals surface area contributed by atoms with Crippen LogP contribution in [0.4, 0.5) is 0 Å². The van der Waals surface area contributed by atoms with Crippen LogP contribution in [0.3, 0.4) is 0 Å². The van der Waals surface area contributed by atoms with Crippen LogP contribution >= 0.6 is 0 Å². The number of ether oxygens (including phenoxy) is 1. The molecular weight excluding hydrogens is 224 g/mol. The number of nitrogens with one attached hydrogen (secondary N) is 1. The van der Waals surface area contributed by atoms with Crippen LogP contribution in [0.25, 0.3) is 0 Å². The van der Waals surface area contributed by atoms with Gasteiger partial charge in [0.1, 0.15) is 0 Å². The van der Waals surface area contributed by atoms with Gasteiger partial charge in [0.05, 0.1) is 0 Å². The van der Waals surface area contributed by atoms with Crippen molar-refractivity contribution in [2.45, 2.75) is 59.0 Å². The van der Waals surface area contributed by atoms with Crippen LogP contribution in [0.1, 0.15) is 47.0 Å². The minimum atomic E-state index is 0.314. The normalized spacial score (nSPS) is 20.3. The molecule has 1 saturated heterocycles. The van der Waals surface area contributed by atoms with Gasteiger partial charge in [-0.2, -0.15) is 0 Å². The maximum Gasteiger partial charge on any atom is 0.0480 e. The molecule has 3 heteroatoms. The van der Waals surface area contributed by atoms with Crippen molar-refractivity contribution >= 4 is 0 Å². The van der Waals surface area contributed by atoms with Crippen LogP contribution in [0.15, 0.2) is 0 Å². The third-order valence-electron chi connectivity index (χ3n) is 3.97. The predicted octanol–water partition coefficient (Wildman–Crippen LogP) is 2.51. The Morgan fingerprint density at radius 1 is 1.28 bits per heavy atom. The van der Waals surface area contributed by atoms with Gasteiger partial charge in [0.2, 0.25) is 0 Å². The molecule has 0 aromatic rings. The molecule has 1 atom stereocenters. The zero-order chi connectivity index (χ0) is 13.6. The molecule has 1 fully saturated rings. The Labute approximate surface area is 113 Å². The average Bonchev–Trinajstić information content (AvgIpc) is 2.34. The molecule has 0 aromatic heterocycles. The summed E-state index contributed by atoms with van der Waals surface area (Å²) >= 11 is 0. The summed E-state index contributed by atoms with van der Waals surface area (Å²) in [5.74, 6) is 0.